The largest absolute Gasteiger partial charge is 0.493 e. The van der Waals surface area contributed by atoms with Gasteiger partial charge in [0.25, 0.3) is 15.9 Å². The molecule has 4 aromatic rings. The third-order valence-corrected chi connectivity index (χ3v) is 8.20. The van der Waals surface area contributed by atoms with Gasteiger partial charge in [0.2, 0.25) is 0 Å². The number of nitrogens with one attached hydrogen (secondary N) is 2. The number of thiazole rings is 1. The number of halogens is 2. The summed E-state index contributed by atoms with van der Waals surface area (Å²) in [6.45, 7) is 1.98. The number of carbonyl (C=O) groups excluding carboxylic acids is 1. The number of methoxy groups -OCH3 is 1. The van der Waals surface area contributed by atoms with Gasteiger partial charge in [-0.15, -0.1) is 11.3 Å². The van der Waals surface area contributed by atoms with Crippen LogP contribution in [-0.4, -0.2) is 26.4 Å². The van der Waals surface area contributed by atoms with Crippen LogP contribution in [0.4, 0.5) is 10.8 Å². The minimum Gasteiger partial charge on any atom is -0.493 e. The Morgan fingerprint density at radius 1 is 1.03 bits per heavy atom. The van der Waals surface area contributed by atoms with Gasteiger partial charge < -0.3 is 9.47 Å². The summed E-state index contributed by atoms with van der Waals surface area (Å²) < 4.78 is 39.4. The molecule has 0 aliphatic carbocycles. The molecule has 0 radical (unpaired) electrons. The number of benzene rings is 3. The highest BCUT2D eigenvalue weighted by Gasteiger charge is 2.21. The van der Waals surface area contributed by atoms with E-state index in [4.69, 9.17) is 32.7 Å². The van der Waals surface area contributed by atoms with Crippen molar-refractivity contribution in [2.24, 2.45) is 0 Å². The number of carbonyl (C=O) groups is 1. The maximum absolute atomic E-state index is 13.0. The van der Waals surface area contributed by atoms with Crippen molar-refractivity contribution in [3.05, 3.63) is 92.9 Å². The molecule has 1 amide bonds. The van der Waals surface area contributed by atoms with E-state index in [2.05, 4.69) is 15.0 Å². The number of aromatic nitrogens is 1. The molecule has 1 aromatic heterocycles. The number of sulfonamides is 1. The van der Waals surface area contributed by atoms with Crippen LogP contribution in [-0.2, 0) is 16.6 Å². The van der Waals surface area contributed by atoms with Gasteiger partial charge in [-0.05, 0) is 55.0 Å². The lowest BCUT2D eigenvalue weighted by Gasteiger charge is -2.12. The molecule has 1 heterocycles. The molecule has 4 rings (SSSR count). The first kappa shape index (κ1) is 26.7. The second-order valence-electron chi connectivity index (χ2n) is 7.75. The van der Waals surface area contributed by atoms with E-state index in [1.165, 1.54) is 35.6 Å². The van der Waals surface area contributed by atoms with Crippen molar-refractivity contribution in [2.45, 2.75) is 18.4 Å². The fourth-order valence-corrected chi connectivity index (χ4v) is 5.65. The lowest BCUT2D eigenvalue weighted by molar-refractivity contribution is 0.102. The normalized spacial score (nSPS) is 11.1. The topological polar surface area (TPSA) is 107 Å². The van der Waals surface area contributed by atoms with Crippen molar-refractivity contribution in [3.8, 4) is 11.5 Å². The number of hydrogen-bond donors (Lipinski definition) is 2. The van der Waals surface area contributed by atoms with Crippen molar-refractivity contribution in [2.75, 3.05) is 17.1 Å². The fraction of sp³-hybridized carbons (Fsp3) is 0.120. The van der Waals surface area contributed by atoms with Crippen LogP contribution in [0.3, 0.4) is 0 Å². The number of anilines is 2. The zero-order chi connectivity index (χ0) is 26.6. The Hall–Kier alpha value is -3.31. The molecule has 8 nitrogen and oxygen atoms in total. The van der Waals surface area contributed by atoms with E-state index in [0.29, 0.717) is 27.3 Å². The fourth-order valence-electron chi connectivity index (χ4n) is 3.21. The van der Waals surface area contributed by atoms with E-state index in [-0.39, 0.29) is 27.8 Å². The third-order valence-electron chi connectivity index (χ3n) is 5.12. The number of ether oxygens (including phenoxy) is 2. The summed E-state index contributed by atoms with van der Waals surface area (Å²) in [7, 11) is -2.54. The van der Waals surface area contributed by atoms with Crippen LogP contribution >= 0.6 is 34.5 Å². The van der Waals surface area contributed by atoms with Crippen molar-refractivity contribution < 1.29 is 22.7 Å². The zero-order valence-corrected chi connectivity index (χ0v) is 22.8. The standard InChI is InChI=1S/C25H21Cl2N3O5S2/c1-15-7-9-17(12-20(15)27)30-37(32,33)23-11-16(8-10-19(23)26)24(31)29-25-28-18(14-36-25)13-35-22-6-4-3-5-21(22)34-2/h3-12,14,30H,13H2,1-2H3,(H,28,29,31). The molecule has 192 valence electrons. The Morgan fingerprint density at radius 2 is 1.78 bits per heavy atom. The van der Waals surface area contributed by atoms with Crippen LogP contribution in [0.2, 0.25) is 10.0 Å². The minimum atomic E-state index is -4.10. The van der Waals surface area contributed by atoms with Crippen LogP contribution in [0.5, 0.6) is 11.5 Å². The quantitative estimate of drug-likeness (QED) is 0.238. The SMILES string of the molecule is COc1ccccc1OCc1csc(NC(=O)c2ccc(Cl)c(S(=O)(=O)Nc3ccc(C)c(Cl)c3)c2)n1. The van der Waals surface area contributed by atoms with Gasteiger partial charge in [-0.25, -0.2) is 13.4 Å². The molecule has 3 aromatic carbocycles. The van der Waals surface area contributed by atoms with E-state index >= 15 is 0 Å². The van der Waals surface area contributed by atoms with Crippen LogP contribution < -0.4 is 19.5 Å². The zero-order valence-electron chi connectivity index (χ0n) is 19.6. The highest BCUT2D eigenvalue weighted by molar-refractivity contribution is 7.92. The predicted molar refractivity (Wildman–Crippen MR) is 146 cm³/mol. The van der Waals surface area contributed by atoms with E-state index in [9.17, 15) is 13.2 Å². The number of aryl methyl sites for hydroxylation is 1. The molecule has 0 aliphatic rings. The van der Waals surface area contributed by atoms with Crippen LogP contribution in [0.25, 0.3) is 0 Å². The minimum absolute atomic E-state index is 0.0349. The number of hydrogen-bond acceptors (Lipinski definition) is 7. The van der Waals surface area contributed by atoms with Crippen molar-refractivity contribution in [1.29, 1.82) is 0 Å². The molecule has 2 N–H and O–H groups in total. The second kappa shape index (κ2) is 11.4. The Labute approximate surface area is 228 Å². The van der Waals surface area contributed by atoms with Crippen molar-refractivity contribution >= 4 is 61.3 Å². The second-order valence-corrected chi connectivity index (χ2v) is 11.1. The van der Waals surface area contributed by atoms with Gasteiger partial charge in [0.05, 0.1) is 23.5 Å². The lowest BCUT2D eigenvalue weighted by Crippen LogP contribution is -2.16. The lowest BCUT2D eigenvalue weighted by atomic mass is 10.2. The summed E-state index contributed by atoms with van der Waals surface area (Å²) in [4.78, 5) is 17.0. The first-order chi connectivity index (χ1) is 17.7. The predicted octanol–water partition coefficient (Wildman–Crippen LogP) is 6.40. The highest BCUT2D eigenvalue weighted by Crippen LogP contribution is 2.29. The highest BCUT2D eigenvalue weighted by atomic mass is 35.5. The Kier molecular flexibility index (Phi) is 8.23. The summed E-state index contributed by atoms with van der Waals surface area (Å²) in [6.07, 6.45) is 0. The monoisotopic (exact) mass is 577 g/mol. The van der Waals surface area contributed by atoms with Gasteiger partial charge in [0, 0.05) is 16.0 Å². The summed E-state index contributed by atoms with van der Waals surface area (Å²) in [5.41, 5.74) is 1.77. The maximum atomic E-state index is 13.0. The molecular weight excluding hydrogens is 557 g/mol. The van der Waals surface area contributed by atoms with E-state index in [1.807, 2.05) is 12.1 Å². The van der Waals surface area contributed by atoms with Crippen molar-refractivity contribution in [3.63, 3.8) is 0 Å². The molecule has 37 heavy (non-hydrogen) atoms. The van der Waals surface area contributed by atoms with Gasteiger partial charge in [-0.3, -0.25) is 14.8 Å². The first-order valence-electron chi connectivity index (χ1n) is 10.8. The van der Waals surface area contributed by atoms with Gasteiger partial charge in [-0.1, -0.05) is 41.4 Å². The molecule has 0 spiro atoms. The summed E-state index contributed by atoms with van der Waals surface area (Å²) in [5, 5.41) is 5.13. The van der Waals surface area contributed by atoms with Crippen LogP contribution in [0.15, 0.2) is 70.9 Å². The van der Waals surface area contributed by atoms with E-state index < -0.39 is 15.9 Å². The van der Waals surface area contributed by atoms with Gasteiger partial charge in [0.15, 0.2) is 16.6 Å². The average Bonchev–Trinajstić information content (AvgIpc) is 3.32. The molecule has 0 unspecified atom stereocenters. The van der Waals surface area contributed by atoms with Gasteiger partial charge in [0.1, 0.15) is 11.5 Å². The van der Waals surface area contributed by atoms with Gasteiger partial charge >= 0.3 is 0 Å². The molecule has 0 fully saturated rings. The number of para-hydroxylation sites is 2. The van der Waals surface area contributed by atoms with Crippen molar-refractivity contribution in [1.82, 2.24) is 4.98 Å². The number of amides is 1. The molecule has 0 aliphatic heterocycles. The Morgan fingerprint density at radius 3 is 2.51 bits per heavy atom. The Balaban J connectivity index is 1.46. The third kappa shape index (κ3) is 6.53. The average molecular weight is 578 g/mol. The molecular formula is C25H21Cl2N3O5S2. The molecule has 0 saturated carbocycles. The molecule has 0 atom stereocenters. The van der Waals surface area contributed by atoms with E-state index in [1.54, 1.807) is 43.7 Å². The summed E-state index contributed by atoms with van der Waals surface area (Å²) >= 11 is 13.5. The number of nitrogens with zero attached hydrogens (tertiary/aromatic N) is 1. The molecule has 12 heteroatoms. The summed E-state index contributed by atoms with van der Waals surface area (Å²) in [5.74, 6) is 0.623. The summed E-state index contributed by atoms with van der Waals surface area (Å²) in [6, 6.07) is 16.0. The first-order valence-corrected chi connectivity index (χ1v) is 13.9. The van der Waals surface area contributed by atoms with Crippen LogP contribution in [0.1, 0.15) is 21.6 Å². The maximum Gasteiger partial charge on any atom is 0.263 e. The molecule has 0 bridgehead atoms. The number of rotatable bonds is 9. The Bertz CT molecular complexity index is 1560. The molecule has 0 saturated heterocycles. The van der Waals surface area contributed by atoms with Crippen LogP contribution in [0, 0.1) is 6.92 Å². The van der Waals surface area contributed by atoms with E-state index in [0.717, 1.165) is 5.56 Å². The van der Waals surface area contributed by atoms with Gasteiger partial charge in [-0.2, -0.15) is 0 Å². The smallest absolute Gasteiger partial charge is 0.263 e.